The molecule has 29 heavy (non-hydrogen) atoms. The van der Waals surface area contributed by atoms with E-state index in [2.05, 4.69) is 22.0 Å². The highest BCUT2D eigenvalue weighted by Gasteiger charge is 2.26. The number of nitrogens with one attached hydrogen (secondary N) is 3. The molecule has 1 atom stereocenters. The van der Waals surface area contributed by atoms with Crippen LogP contribution >= 0.6 is 0 Å². The summed E-state index contributed by atoms with van der Waals surface area (Å²) in [4.78, 5) is 36.4. The maximum Gasteiger partial charge on any atom is 0.329 e. The fourth-order valence-electron chi connectivity index (χ4n) is 3.10. The van der Waals surface area contributed by atoms with Crippen molar-refractivity contribution < 1.29 is 19.1 Å². The molecule has 1 aromatic carbocycles. The summed E-state index contributed by atoms with van der Waals surface area (Å²) in [6.45, 7) is 3.77. The number of ether oxygens (including phenoxy) is 1. The fourth-order valence-corrected chi connectivity index (χ4v) is 3.10. The van der Waals surface area contributed by atoms with Gasteiger partial charge >= 0.3 is 12.0 Å². The monoisotopic (exact) mass is 401 g/mol. The van der Waals surface area contributed by atoms with Crippen LogP contribution in [-0.2, 0) is 14.3 Å². The highest BCUT2D eigenvalue weighted by atomic mass is 16.5. The van der Waals surface area contributed by atoms with Gasteiger partial charge in [-0.25, -0.2) is 9.59 Å². The molecular formula is C22H31N3O4. The third kappa shape index (κ3) is 8.37. The van der Waals surface area contributed by atoms with Crippen molar-refractivity contribution in [1.29, 1.82) is 0 Å². The lowest BCUT2D eigenvalue weighted by molar-refractivity contribution is -0.151. The number of para-hydroxylation sites is 1. The first-order chi connectivity index (χ1) is 14.0. The smallest absolute Gasteiger partial charge is 0.329 e. The first-order valence-electron chi connectivity index (χ1n) is 10.2. The summed E-state index contributed by atoms with van der Waals surface area (Å²) in [6.07, 6.45) is 7.73. The van der Waals surface area contributed by atoms with Crippen molar-refractivity contribution in [3.63, 3.8) is 0 Å². The van der Waals surface area contributed by atoms with Crippen LogP contribution in [0.5, 0.6) is 0 Å². The number of benzene rings is 1. The molecule has 3 amide bonds. The normalized spacial score (nSPS) is 14.5. The Morgan fingerprint density at radius 2 is 1.86 bits per heavy atom. The average molecular weight is 402 g/mol. The molecular weight excluding hydrogens is 370 g/mol. The summed E-state index contributed by atoms with van der Waals surface area (Å²) >= 11 is 0. The van der Waals surface area contributed by atoms with Crippen LogP contribution in [-0.4, -0.2) is 37.1 Å². The number of anilines is 1. The molecule has 0 saturated heterocycles. The van der Waals surface area contributed by atoms with Crippen LogP contribution in [0, 0.1) is 5.92 Å². The van der Waals surface area contributed by atoms with Crippen molar-refractivity contribution in [2.75, 3.05) is 18.5 Å². The van der Waals surface area contributed by atoms with Gasteiger partial charge in [0.25, 0.3) is 5.91 Å². The molecule has 0 fully saturated rings. The minimum atomic E-state index is -0.848. The lowest BCUT2D eigenvalue weighted by Gasteiger charge is -2.21. The number of allylic oxidation sites excluding steroid dienone is 1. The average Bonchev–Trinajstić information content (AvgIpc) is 2.71. The number of esters is 1. The molecule has 0 spiro atoms. The molecule has 0 aliphatic heterocycles. The third-order valence-corrected chi connectivity index (χ3v) is 4.74. The zero-order chi connectivity index (χ0) is 21.1. The highest BCUT2D eigenvalue weighted by molar-refractivity contribution is 5.93. The Kier molecular flexibility index (Phi) is 9.21. The third-order valence-electron chi connectivity index (χ3n) is 4.74. The number of rotatable bonds is 9. The summed E-state index contributed by atoms with van der Waals surface area (Å²) in [5.74, 6) is -1.16. The molecule has 0 unspecified atom stereocenters. The quantitative estimate of drug-likeness (QED) is 0.436. The molecule has 0 heterocycles. The minimum absolute atomic E-state index is 0.190. The van der Waals surface area contributed by atoms with Crippen LogP contribution in [0.2, 0.25) is 0 Å². The summed E-state index contributed by atoms with van der Waals surface area (Å²) in [6, 6.07) is 7.58. The van der Waals surface area contributed by atoms with Crippen molar-refractivity contribution in [3.8, 4) is 0 Å². The van der Waals surface area contributed by atoms with E-state index in [1.54, 1.807) is 38.1 Å². The van der Waals surface area contributed by atoms with Crippen LogP contribution < -0.4 is 16.0 Å². The second kappa shape index (κ2) is 11.9. The molecule has 7 nitrogen and oxygen atoms in total. The van der Waals surface area contributed by atoms with E-state index in [0.717, 1.165) is 19.3 Å². The van der Waals surface area contributed by atoms with Gasteiger partial charge in [0.15, 0.2) is 6.61 Å². The van der Waals surface area contributed by atoms with Gasteiger partial charge in [-0.3, -0.25) is 4.79 Å². The Labute approximate surface area is 172 Å². The summed E-state index contributed by atoms with van der Waals surface area (Å²) in [5, 5.41) is 8.04. The van der Waals surface area contributed by atoms with Gasteiger partial charge in [0.2, 0.25) is 0 Å². The Bertz CT molecular complexity index is 716. The maximum atomic E-state index is 12.3. The first-order valence-corrected chi connectivity index (χ1v) is 10.2. The molecule has 158 valence electrons. The Balaban J connectivity index is 1.72. The molecule has 1 aromatic rings. The van der Waals surface area contributed by atoms with Gasteiger partial charge in [0, 0.05) is 12.2 Å². The SMILES string of the molecule is CC(C)[C@H](NC(=O)Nc1ccccc1)C(=O)OCC(=O)NCCC1=CCCCC1. The lowest BCUT2D eigenvalue weighted by atomic mass is 9.97. The number of carbonyl (C=O) groups is 3. The van der Waals surface area contributed by atoms with E-state index >= 15 is 0 Å². The van der Waals surface area contributed by atoms with Crippen LogP contribution in [0.25, 0.3) is 0 Å². The van der Waals surface area contributed by atoms with Crippen molar-refractivity contribution in [1.82, 2.24) is 10.6 Å². The van der Waals surface area contributed by atoms with Crippen molar-refractivity contribution in [3.05, 3.63) is 42.0 Å². The topological polar surface area (TPSA) is 96.5 Å². The molecule has 1 aliphatic rings. The summed E-state index contributed by atoms with van der Waals surface area (Å²) < 4.78 is 5.11. The highest BCUT2D eigenvalue weighted by Crippen LogP contribution is 2.19. The minimum Gasteiger partial charge on any atom is -0.454 e. The number of carbonyl (C=O) groups excluding carboxylic acids is 3. The van der Waals surface area contributed by atoms with Crippen LogP contribution in [0.4, 0.5) is 10.5 Å². The van der Waals surface area contributed by atoms with Crippen LogP contribution in [0.15, 0.2) is 42.0 Å². The van der Waals surface area contributed by atoms with E-state index in [9.17, 15) is 14.4 Å². The fraction of sp³-hybridized carbons (Fsp3) is 0.500. The van der Waals surface area contributed by atoms with Gasteiger partial charge in [-0.05, 0) is 50.2 Å². The van der Waals surface area contributed by atoms with E-state index in [0.29, 0.717) is 12.2 Å². The Hall–Kier alpha value is -2.83. The van der Waals surface area contributed by atoms with Crippen LogP contribution in [0.1, 0.15) is 46.0 Å². The van der Waals surface area contributed by atoms with Gasteiger partial charge in [0.05, 0.1) is 0 Å². The van der Waals surface area contributed by atoms with E-state index < -0.39 is 18.0 Å². The van der Waals surface area contributed by atoms with E-state index in [1.807, 2.05) is 6.07 Å². The standard InChI is InChI=1S/C22H31N3O4/c1-16(2)20(25-22(28)24-18-11-7-4-8-12-18)21(27)29-15-19(26)23-14-13-17-9-5-3-6-10-17/h4,7-9,11-12,16,20H,3,5-6,10,13-15H2,1-2H3,(H,23,26)(H2,24,25,28)/t20-/m0/s1. The zero-order valence-corrected chi connectivity index (χ0v) is 17.2. The second-order valence-corrected chi connectivity index (χ2v) is 7.50. The summed E-state index contributed by atoms with van der Waals surface area (Å²) in [7, 11) is 0. The number of hydrogen-bond acceptors (Lipinski definition) is 4. The molecule has 7 heteroatoms. The first kappa shape index (κ1) is 22.5. The van der Waals surface area contributed by atoms with Crippen molar-refractivity contribution in [2.24, 2.45) is 5.92 Å². The molecule has 0 radical (unpaired) electrons. The zero-order valence-electron chi connectivity index (χ0n) is 17.2. The molecule has 0 aromatic heterocycles. The Morgan fingerprint density at radius 3 is 2.52 bits per heavy atom. The number of hydrogen-bond donors (Lipinski definition) is 3. The van der Waals surface area contributed by atoms with Gasteiger partial charge < -0.3 is 20.7 Å². The maximum absolute atomic E-state index is 12.3. The van der Waals surface area contributed by atoms with Crippen molar-refractivity contribution >= 4 is 23.6 Å². The Morgan fingerprint density at radius 1 is 1.10 bits per heavy atom. The van der Waals surface area contributed by atoms with E-state index in [1.165, 1.54) is 18.4 Å². The molecule has 1 aliphatic carbocycles. The predicted molar refractivity (Wildman–Crippen MR) is 112 cm³/mol. The van der Waals surface area contributed by atoms with E-state index in [-0.39, 0.29) is 18.4 Å². The lowest BCUT2D eigenvalue weighted by Crippen LogP contribution is -2.47. The van der Waals surface area contributed by atoms with Crippen LogP contribution in [0.3, 0.4) is 0 Å². The van der Waals surface area contributed by atoms with Gasteiger partial charge in [0.1, 0.15) is 6.04 Å². The van der Waals surface area contributed by atoms with Gasteiger partial charge in [-0.2, -0.15) is 0 Å². The molecule has 2 rings (SSSR count). The number of urea groups is 1. The van der Waals surface area contributed by atoms with Gasteiger partial charge in [-0.1, -0.05) is 43.7 Å². The molecule has 0 saturated carbocycles. The number of amides is 3. The predicted octanol–water partition coefficient (Wildman–Crippen LogP) is 3.38. The van der Waals surface area contributed by atoms with Crippen molar-refractivity contribution in [2.45, 2.75) is 52.0 Å². The summed E-state index contributed by atoms with van der Waals surface area (Å²) in [5.41, 5.74) is 2.00. The second-order valence-electron chi connectivity index (χ2n) is 7.50. The van der Waals surface area contributed by atoms with Gasteiger partial charge in [-0.15, -0.1) is 0 Å². The molecule has 0 bridgehead atoms. The largest absolute Gasteiger partial charge is 0.454 e. The molecule has 3 N–H and O–H groups in total. The van der Waals surface area contributed by atoms with E-state index in [4.69, 9.17) is 4.74 Å².